The average Bonchev–Trinajstić information content (AvgIpc) is 2.32. The van der Waals surface area contributed by atoms with Gasteiger partial charge in [-0.15, -0.1) is 0 Å². The maximum absolute atomic E-state index is 13.8. The molecule has 1 amide bonds. The molecule has 0 aliphatic carbocycles. The van der Waals surface area contributed by atoms with Gasteiger partial charge in [-0.3, -0.25) is 4.79 Å². The summed E-state index contributed by atoms with van der Waals surface area (Å²) in [5.74, 6) is -0.886. The molecule has 2 atom stereocenters. The van der Waals surface area contributed by atoms with Gasteiger partial charge in [0, 0.05) is 12.6 Å². The molecule has 2 unspecified atom stereocenters. The van der Waals surface area contributed by atoms with Crippen LogP contribution in [0.15, 0.2) is 22.7 Å². The number of benzene rings is 1. The van der Waals surface area contributed by atoms with Crippen LogP contribution in [-0.4, -0.2) is 24.7 Å². The first-order valence-electron chi connectivity index (χ1n) is 5.94. The molecule has 0 bridgehead atoms. The second-order valence-electron chi connectivity index (χ2n) is 4.48. The van der Waals surface area contributed by atoms with Crippen LogP contribution in [0.3, 0.4) is 0 Å². The second kappa shape index (κ2) is 5.80. The number of amides is 1. The fraction of sp³-hybridized carbons (Fsp3) is 0.462. The highest BCUT2D eigenvalue weighted by Crippen LogP contribution is 2.19. The summed E-state index contributed by atoms with van der Waals surface area (Å²) in [6.07, 6.45) is 1.67. The zero-order valence-electron chi connectivity index (χ0n) is 10.1. The zero-order valence-corrected chi connectivity index (χ0v) is 11.7. The molecule has 18 heavy (non-hydrogen) atoms. The van der Waals surface area contributed by atoms with Crippen LogP contribution >= 0.6 is 15.9 Å². The normalized spacial score (nSPS) is 23.7. The van der Waals surface area contributed by atoms with Crippen molar-refractivity contribution in [3.63, 3.8) is 0 Å². The van der Waals surface area contributed by atoms with Gasteiger partial charge in [-0.2, -0.15) is 0 Å². The zero-order chi connectivity index (χ0) is 13.1. The van der Waals surface area contributed by atoms with Gasteiger partial charge in [-0.05, 0) is 47.8 Å². The summed E-state index contributed by atoms with van der Waals surface area (Å²) in [6.45, 7) is 2.60. The SMILES string of the molecule is CC1CC(NC(=O)c2cccc(Br)c2F)CCO1. The van der Waals surface area contributed by atoms with E-state index in [1.165, 1.54) is 6.07 Å². The molecule has 0 saturated carbocycles. The predicted molar refractivity (Wildman–Crippen MR) is 70.0 cm³/mol. The van der Waals surface area contributed by atoms with Gasteiger partial charge in [0.15, 0.2) is 0 Å². The number of nitrogens with one attached hydrogen (secondary N) is 1. The van der Waals surface area contributed by atoms with Crippen molar-refractivity contribution in [2.45, 2.75) is 31.9 Å². The summed E-state index contributed by atoms with van der Waals surface area (Å²) in [5.41, 5.74) is 0.0727. The lowest BCUT2D eigenvalue weighted by molar-refractivity contribution is 0.0136. The molecule has 1 heterocycles. The van der Waals surface area contributed by atoms with E-state index >= 15 is 0 Å². The third-order valence-electron chi connectivity index (χ3n) is 3.02. The van der Waals surface area contributed by atoms with Crippen molar-refractivity contribution in [3.05, 3.63) is 34.1 Å². The fourth-order valence-electron chi connectivity index (χ4n) is 2.07. The predicted octanol–water partition coefficient (Wildman–Crippen LogP) is 2.89. The second-order valence-corrected chi connectivity index (χ2v) is 5.33. The minimum absolute atomic E-state index is 0.0552. The molecule has 1 aliphatic heterocycles. The van der Waals surface area contributed by atoms with Gasteiger partial charge in [0.1, 0.15) is 5.82 Å². The molecule has 1 aromatic rings. The third kappa shape index (κ3) is 3.09. The van der Waals surface area contributed by atoms with Gasteiger partial charge in [0.25, 0.3) is 5.91 Å². The van der Waals surface area contributed by atoms with Crippen molar-refractivity contribution in [1.82, 2.24) is 5.32 Å². The van der Waals surface area contributed by atoms with Crippen LogP contribution in [0, 0.1) is 5.82 Å². The molecule has 1 N–H and O–H groups in total. The first-order chi connectivity index (χ1) is 8.58. The lowest BCUT2D eigenvalue weighted by atomic mass is 10.0. The van der Waals surface area contributed by atoms with Crippen LogP contribution in [-0.2, 0) is 4.74 Å². The molecule has 5 heteroatoms. The standard InChI is InChI=1S/C13H15BrFNO2/c1-8-7-9(5-6-18-8)16-13(17)10-3-2-4-11(14)12(10)15/h2-4,8-9H,5-7H2,1H3,(H,16,17). The Morgan fingerprint density at radius 2 is 2.33 bits per heavy atom. The average molecular weight is 316 g/mol. The summed E-state index contributed by atoms with van der Waals surface area (Å²) in [4.78, 5) is 12.0. The molecule has 98 valence electrons. The lowest BCUT2D eigenvalue weighted by Crippen LogP contribution is -2.41. The molecule has 0 radical (unpaired) electrons. The van der Waals surface area contributed by atoms with E-state index < -0.39 is 5.82 Å². The number of rotatable bonds is 2. The maximum Gasteiger partial charge on any atom is 0.254 e. The quantitative estimate of drug-likeness (QED) is 0.911. The molecule has 2 rings (SSSR count). The highest BCUT2D eigenvalue weighted by Gasteiger charge is 2.22. The van der Waals surface area contributed by atoms with E-state index in [0.717, 1.165) is 12.8 Å². The van der Waals surface area contributed by atoms with Gasteiger partial charge in [0.05, 0.1) is 16.1 Å². The number of ether oxygens (including phenoxy) is 1. The Hall–Kier alpha value is -0.940. The number of hydrogen-bond donors (Lipinski definition) is 1. The summed E-state index contributed by atoms with van der Waals surface area (Å²) in [5, 5.41) is 2.85. The minimum atomic E-state index is -0.518. The van der Waals surface area contributed by atoms with Crippen LogP contribution in [0.1, 0.15) is 30.1 Å². The molecule has 0 spiro atoms. The van der Waals surface area contributed by atoms with Gasteiger partial charge in [0.2, 0.25) is 0 Å². The van der Waals surface area contributed by atoms with E-state index in [-0.39, 0.29) is 23.6 Å². The molecule has 3 nitrogen and oxygen atoms in total. The van der Waals surface area contributed by atoms with E-state index in [0.29, 0.717) is 11.1 Å². The smallest absolute Gasteiger partial charge is 0.254 e. The maximum atomic E-state index is 13.8. The Morgan fingerprint density at radius 3 is 3.06 bits per heavy atom. The molecular formula is C13H15BrFNO2. The third-order valence-corrected chi connectivity index (χ3v) is 3.63. The Morgan fingerprint density at radius 1 is 1.56 bits per heavy atom. The van der Waals surface area contributed by atoms with E-state index in [1.54, 1.807) is 12.1 Å². The van der Waals surface area contributed by atoms with E-state index in [4.69, 9.17) is 4.74 Å². The van der Waals surface area contributed by atoms with E-state index in [2.05, 4.69) is 21.2 Å². The van der Waals surface area contributed by atoms with Gasteiger partial charge in [-0.25, -0.2) is 4.39 Å². The summed E-state index contributed by atoms with van der Waals surface area (Å²) in [7, 11) is 0. The summed E-state index contributed by atoms with van der Waals surface area (Å²) < 4.78 is 19.5. The van der Waals surface area contributed by atoms with Gasteiger partial charge in [-0.1, -0.05) is 6.07 Å². The Balaban J connectivity index is 2.05. The fourth-order valence-corrected chi connectivity index (χ4v) is 2.44. The summed E-state index contributed by atoms with van der Waals surface area (Å²) >= 11 is 3.07. The van der Waals surface area contributed by atoms with Crippen molar-refractivity contribution in [3.8, 4) is 0 Å². The number of carbonyl (C=O) groups is 1. The van der Waals surface area contributed by atoms with E-state index in [1.807, 2.05) is 6.92 Å². The molecule has 1 aromatic carbocycles. The summed E-state index contributed by atoms with van der Waals surface area (Å²) in [6, 6.07) is 4.76. The first-order valence-corrected chi connectivity index (χ1v) is 6.73. The van der Waals surface area contributed by atoms with Crippen molar-refractivity contribution in [1.29, 1.82) is 0 Å². The molecule has 1 fully saturated rings. The molecule has 1 saturated heterocycles. The number of carbonyl (C=O) groups excluding carboxylic acids is 1. The van der Waals surface area contributed by atoms with Crippen molar-refractivity contribution in [2.75, 3.05) is 6.61 Å². The minimum Gasteiger partial charge on any atom is -0.378 e. The Kier molecular flexibility index (Phi) is 4.35. The first kappa shape index (κ1) is 13.5. The molecular weight excluding hydrogens is 301 g/mol. The lowest BCUT2D eigenvalue weighted by Gasteiger charge is -2.28. The highest BCUT2D eigenvalue weighted by molar-refractivity contribution is 9.10. The monoisotopic (exact) mass is 315 g/mol. The Labute approximate surface area is 114 Å². The van der Waals surface area contributed by atoms with Crippen LogP contribution in [0.5, 0.6) is 0 Å². The van der Waals surface area contributed by atoms with Crippen molar-refractivity contribution < 1.29 is 13.9 Å². The number of halogens is 2. The van der Waals surface area contributed by atoms with Crippen LogP contribution in [0.4, 0.5) is 4.39 Å². The van der Waals surface area contributed by atoms with Crippen LogP contribution in [0.25, 0.3) is 0 Å². The highest BCUT2D eigenvalue weighted by atomic mass is 79.9. The number of hydrogen-bond acceptors (Lipinski definition) is 2. The van der Waals surface area contributed by atoms with Crippen LogP contribution < -0.4 is 5.32 Å². The molecule has 1 aliphatic rings. The van der Waals surface area contributed by atoms with Crippen LogP contribution in [0.2, 0.25) is 0 Å². The van der Waals surface area contributed by atoms with Gasteiger partial charge >= 0.3 is 0 Å². The molecule has 0 aromatic heterocycles. The van der Waals surface area contributed by atoms with Gasteiger partial charge < -0.3 is 10.1 Å². The van der Waals surface area contributed by atoms with Crippen molar-refractivity contribution in [2.24, 2.45) is 0 Å². The topological polar surface area (TPSA) is 38.3 Å². The Bertz CT molecular complexity index is 453. The van der Waals surface area contributed by atoms with Crippen molar-refractivity contribution >= 4 is 21.8 Å². The van der Waals surface area contributed by atoms with E-state index in [9.17, 15) is 9.18 Å². The largest absolute Gasteiger partial charge is 0.378 e.